The molecule has 0 aliphatic carbocycles. The number of benzene rings is 2. The second kappa shape index (κ2) is 8.29. The first-order valence-corrected chi connectivity index (χ1v) is 8.39. The minimum atomic E-state index is -0.394. The summed E-state index contributed by atoms with van der Waals surface area (Å²) >= 11 is 0. The van der Waals surface area contributed by atoms with Gasteiger partial charge in [0.25, 0.3) is 5.91 Å². The quantitative estimate of drug-likeness (QED) is 0.658. The number of carbonyl (C=O) groups is 1. The predicted octanol–water partition coefficient (Wildman–Crippen LogP) is 3.74. The molecule has 0 spiro atoms. The first-order chi connectivity index (χ1) is 12.6. The Morgan fingerprint density at radius 2 is 2.00 bits per heavy atom. The van der Waals surface area contributed by atoms with Gasteiger partial charge in [-0.3, -0.25) is 4.79 Å². The molecule has 0 aliphatic heterocycles. The molecule has 0 fully saturated rings. The van der Waals surface area contributed by atoms with Crippen LogP contribution in [0.5, 0.6) is 0 Å². The van der Waals surface area contributed by atoms with Crippen LogP contribution in [-0.4, -0.2) is 31.0 Å². The number of rotatable bonds is 7. The Hall–Kier alpha value is -3.15. The van der Waals surface area contributed by atoms with Crippen LogP contribution in [0.1, 0.15) is 16.9 Å². The molecule has 0 atom stereocenters. The Morgan fingerprint density at radius 3 is 2.77 bits per heavy atom. The van der Waals surface area contributed by atoms with Crippen molar-refractivity contribution in [1.29, 1.82) is 0 Å². The number of oxazole rings is 1. The van der Waals surface area contributed by atoms with E-state index in [4.69, 9.17) is 4.42 Å². The maximum absolute atomic E-state index is 13.4. The number of para-hydroxylation sites is 1. The average molecular weight is 353 g/mol. The molecular formula is C20H20FN3O2. The molecule has 1 N–H and O–H groups in total. The normalized spacial score (nSPS) is 10.5. The summed E-state index contributed by atoms with van der Waals surface area (Å²) in [6.45, 7) is 1.31. The van der Waals surface area contributed by atoms with Gasteiger partial charge in [-0.15, -0.1) is 0 Å². The molecule has 3 rings (SSSR count). The predicted molar refractivity (Wildman–Crippen MR) is 98.6 cm³/mol. The van der Waals surface area contributed by atoms with E-state index in [0.717, 1.165) is 18.7 Å². The van der Waals surface area contributed by atoms with Crippen LogP contribution >= 0.6 is 0 Å². The highest BCUT2D eigenvalue weighted by atomic mass is 19.1. The average Bonchev–Trinajstić information content (AvgIpc) is 3.15. The minimum absolute atomic E-state index is 0.159. The van der Waals surface area contributed by atoms with Crippen LogP contribution < -0.4 is 10.2 Å². The van der Waals surface area contributed by atoms with Gasteiger partial charge in [0.15, 0.2) is 17.8 Å². The Balaban J connectivity index is 1.54. The summed E-state index contributed by atoms with van der Waals surface area (Å²) in [6, 6.07) is 15.9. The zero-order valence-electron chi connectivity index (χ0n) is 14.5. The van der Waals surface area contributed by atoms with Gasteiger partial charge in [-0.25, -0.2) is 9.37 Å². The molecule has 0 radical (unpaired) electrons. The molecule has 1 heterocycles. The smallest absolute Gasteiger partial charge is 0.273 e. The summed E-state index contributed by atoms with van der Waals surface area (Å²) in [5.41, 5.74) is 1.77. The molecular weight excluding hydrogens is 333 g/mol. The lowest BCUT2D eigenvalue weighted by atomic mass is 10.1. The summed E-state index contributed by atoms with van der Waals surface area (Å²) in [7, 11) is 2.01. The molecule has 1 amide bonds. The molecule has 2 aromatic carbocycles. The summed E-state index contributed by atoms with van der Waals surface area (Å²) in [4.78, 5) is 18.5. The van der Waals surface area contributed by atoms with E-state index in [-0.39, 0.29) is 17.4 Å². The van der Waals surface area contributed by atoms with Gasteiger partial charge in [-0.2, -0.15) is 0 Å². The van der Waals surface area contributed by atoms with E-state index in [2.05, 4.69) is 15.2 Å². The maximum Gasteiger partial charge on any atom is 0.273 e. The van der Waals surface area contributed by atoms with Crippen LogP contribution in [0.2, 0.25) is 0 Å². The third-order valence-corrected chi connectivity index (χ3v) is 4.02. The molecule has 5 nitrogen and oxygen atoms in total. The minimum Gasteiger partial charge on any atom is -0.443 e. The van der Waals surface area contributed by atoms with Crippen molar-refractivity contribution in [1.82, 2.24) is 10.3 Å². The van der Waals surface area contributed by atoms with Crippen LogP contribution in [0, 0.1) is 5.82 Å². The Labute approximate surface area is 151 Å². The van der Waals surface area contributed by atoms with Crippen molar-refractivity contribution in [3.05, 3.63) is 72.5 Å². The lowest BCUT2D eigenvalue weighted by Crippen LogP contribution is -2.28. The number of hydrogen-bond donors (Lipinski definition) is 1. The van der Waals surface area contributed by atoms with E-state index < -0.39 is 5.82 Å². The Bertz CT molecular complexity index is 864. The van der Waals surface area contributed by atoms with Gasteiger partial charge in [-0.1, -0.05) is 30.3 Å². The number of anilines is 1. The highest BCUT2D eigenvalue weighted by Crippen LogP contribution is 2.23. The van der Waals surface area contributed by atoms with Crippen LogP contribution in [0.15, 0.2) is 65.4 Å². The van der Waals surface area contributed by atoms with Crippen molar-refractivity contribution in [3.8, 4) is 11.3 Å². The molecule has 0 unspecified atom stereocenters. The fourth-order valence-electron chi connectivity index (χ4n) is 2.66. The lowest BCUT2D eigenvalue weighted by Gasteiger charge is -2.19. The van der Waals surface area contributed by atoms with Crippen molar-refractivity contribution in [2.75, 3.05) is 25.0 Å². The van der Waals surface area contributed by atoms with Crippen molar-refractivity contribution in [2.24, 2.45) is 0 Å². The monoisotopic (exact) mass is 353 g/mol. The summed E-state index contributed by atoms with van der Waals surface area (Å²) < 4.78 is 18.7. The standard InChI is InChI=1S/C20H20FN3O2/c1-24(17-9-3-2-4-10-17)12-6-11-22-20(25)18-19(26-14-23-18)15-7-5-8-16(21)13-15/h2-5,7-10,13-14H,6,11-12H2,1H3,(H,22,25). The second-order valence-electron chi connectivity index (χ2n) is 5.91. The highest BCUT2D eigenvalue weighted by Gasteiger charge is 2.18. The third-order valence-electron chi connectivity index (χ3n) is 4.02. The number of aromatic nitrogens is 1. The van der Waals surface area contributed by atoms with Gasteiger partial charge < -0.3 is 14.6 Å². The van der Waals surface area contributed by atoms with Gasteiger partial charge >= 0.3 is 0 Å². The van der Waals surface area contributed by atoms with E-state index >= 15 is 0 Å². The van der Waals surface area contributed by atoms with Gasteiger partial charge in [-0.05, 0) is 30.7 Å². The van der Waals surface area contributed by atoms with E-state index in [0.29, 0.717) is 12.1 Å². The van der Waals surface area contributed by atoms with E-state index in [9.17, 15) is 9.18 Å². The molecule has 134 valence electrons. The summed E-state index contributed by atoms with van der Waals surface area (Å²) in [6.07, 6.45) is 1.97. The molecule has 26 heavy (non-hydrogen) atoms. The highest BCUT2D eigenvalue weighted by molar-refractivity contribution is 5.97. The molecule has 0 aliphatic rings. The van der Waals surface area contributed by atoms with E-state index in [1.54, 1.807) is 12.1 Å². The largest absolute Gasteiger partial charge is 0.443 e. The number of carbonyl (C=O) groups excluding carboxylic acids is 1. The topological polar surface area (TPSA) is 58.4 Å². The van der Waals surface area contributed by atoms with Gasteiger partial charge in [0.1, 0.15) is 5.82 Å². The fourth-order valence-corrected chi connectivity index (χ4v) is 2.66. The second-order valence-corrected chi connectivity index (χ2v) is 5.91. The van der Waals surface area contributed by atoms with Gasteiger partial charge in [0.05, 0.1) is 0 Å². The molecule has 0 bridgehead atoms. The van der Waals surface area contributed by atoms with Crippen LogP contribution in [0.4, 0.5) is 10.1 Å². The van der Waals surface area contributed by atoms with E-state index in [1.807, 2.05) is 37.4 Å². The number of halogens is 1. The van der Waals surface area contributed by atoms with Crippen LogP contribution in [0.25, 0.3) is 11.3 Å². The fraction of sp³-hybridized carbons (Fsp3) is 0.200. The van der Waals surface area contributed by atoms with E-state index in [1.165, 1.54) is 18.5 Å². The van der Waals surface area contributed by atoms with Crippen molar-refractivity contribution >= 4 is 11.6 Å². The first kappa shape index (κ1) is 17.7. The van der Waals surface area contributed by atoms with Crippen molar-refractivity contribution in [3.63, 3.8) is 0 Å². The van der Waals surface area contributed by atoms with Gasteiger partial charge in [0.2, 0.25) is 0 Å². The zero-order valence-corrected chi connectivity index (χ0v) is 14.5. The maximum atomic E-state index is 13.4. The molecule has 0 saturated heterocycles. The van der Waals surface area contributed by atoms with Crippen molar-refractivity contribution < 1.29 is 13.6 Å². The number of nitrogens with zero attached hydrogens (tertiary/aromatic N) is 2. The Morgan fingerprint density at radius 1 is 1.19 bits per heavy atom. The molecule has 6 heteroatoms. The number of amides is 1. The number of nitrogens with one attached hydrogen (secondary N) is 1. The third kappa shape index (κ3) is 4.27. The van der Waals surface area contributed by atoms with Crippen LogP contribution in [0.3, 0.4) is 0 Å². The summed E-state index contributed by atoms with van der Waals surface area (Å²) in [5, 5.41) is 2.83. The Kier molecular flexibility index (Phi) is 5.63. The van der Waals surface area contributed by atoms with Crippen molar-refractivity contribution in [2.45, 2.75) is 6.42 Å². The van der Waals surface area contributed by atoms with Crippen LogP contribution in [-0.2, 0) is 0 Å². The zero-order chi connectivity index (χ0) is 18.4. The molecule has 0 saturated carbocycles. The molecule has 3 aromatic rings. The lowest BCUT2D eigenvalue weighted by molar-refractivity contribution is 0.0949. The first-order valence-electron chi connectivity index (χ1n) is 8.39. The molecule has 1 aromatic heterocycles. The summed E-state index contributed by atoms with van der Waals surface area (Å²) in [5.74, 6) is -0.460. The van der Waals surface area contributed by atoms with Gasteiger partial charge in [0, 0.05) is 31.4 Å². The number of hydrogen-bond acceptors (Lipinski definition) is 4. The SMILES string of the molecule is CN(CCCNC(=O)c1ncoc1-c1cccc(F)c1)c1ccccc1.